The predicted octanol–water partition coefficient (Wildman–Crippen LogP) is 2.46. The van der Waals surface area contributed by atoms with E-state index in [1.807, 2.05) is 13.8 Å². The van der Waals surface area contributed by atoms with Crippen molar-refractivity contribution in [1.82, 2.24) is 4.98 Å². The number of aromatic nitrogens is 1. The molecule has 0 aliphatic carbocycles. The third-order valence-electron chi connectivity index (χ3n) is 0.941. The van der Waals surface area contributed by atoms with E-state index in [1.165, 1.54) is 18.3 Å². The number of halogens is 1. The predicted molar refractivity (Wildman–Crippen MR) is 47.6 cm³/mol. The summed E-state index contributed by atoms with van der Waals surface area (Å²) in [5.74, 6) is -1.07. The monoisotopic (exact) mass is 187 g/mol. The van der Waals surface area contributed by atoms with Gasteiger partial charge in [-0.15, -0.1) is 0 Å². The van der Waals surface area contributed by atoms with E-state index in [4.69, 9.17) is 16.7 Å². The Labute approximate surface area is 76.0 Å². The number of rotatable bonds is 1. The van der Waals surface area contributed by atoms with Gasteiger partial charge in [0.1, 0.15) is 5.69 Å². The second kappa shape index (κ2) is 5.55. The topological polar surface area (TPSA) is 50.2 Å². The van der Waals surface area contributed by atoms with Crippen molar-refractivity contribution in [1.29, 1.82) is 0 Å². The van der Waals surface area contributed by atoms with E-state index in [2.05, 4.69) is 4.98 Å². The fourth-order valence-electron chi connectivity index (χ4n) is 0.522. The molecule has 0 unspecified atom stereocenters. The summed E-state index contributed by atoms with van der Waals surface area (Å²) in [6.07, 6.45) is 1.35. The zero-order chi connectivity index (χ0) is 9.56. The lowest BCUT2D eigenvalue weighted by Gasteiger charge is -1.91. The number of carboxylic acid groups (broad SMARTS) is 1. The Bertz CT molecular complexity index is 263. The molecule has 1 N–H and O–H groups in total. The number of hydrogen-bond donors (Lipinski definition) is 1. The summed E-state index contributed by atoms with van der Waals surface area (Å²) in [7, 11) is 0. The smallest absolute Gasteiger partial charge is 0.354 e. The maximum atomic E-state index is 10.2. The molecule has 0 bridgehead atoms. The van der Waals surface area contributed by atoms with Crippen molar-refractivity contribution in [3.05, 3.63) is 29.0 Å². The summed E-state index contributed by atoms with van der Waals surface area (Å²) in [5, 5.41) is 8.77. The average molecular weight is 188 g/mol. The molecule has 4 heteroatoms. The highest BCUT2D eigenvalue weighted by atomic mass is 35.5. The van der Waals surface area contributed by atoms with E-state index in [1.54, 1.807) is 0 Å². The van der Waals surface area contributed by atoms with Crippen molar-refractivity contribution in [2.24, 2.45) is 0 Å². The summed E-state index contributed by atoms with van der Waals surface area (Å²) in [4.78, 5) is 13.8. The molecule has 1 aromatic rings. The van der Waals surface area contributed by atoms with Crippen molar-refractivity contribution in [3.8, 4) is 0 Å². The van der Waals surface area contributed by atoms with Crippen LogP contribution in [0.15, 0.2) is 18.3 Å². The van der Waals surface area contributed by atoms with Gasteiger partial charge in [-0.05, 0) is 12.1 Å². The van der Waals surface area contributed by atoms with Crippen LogP contribution in [0.2, 0.25) is 5.02 Å². The Morgan fingerprint density at radius 3 is 2.50 bits per heavy atom. The van der Waals surface area contributed by atoms with Crippen LogP contribution in [0.5, 0.6) is 0 Å². The zero-order valence-corrected chi connectivity index (χ0v) is 7.67. The maximum Gasteiger partial charge on any atom is 0.354 e. The lowest BCUT2D eigenvalue weighted by molar-refractivity contribution is 0.0690. The van der Waals surface area contributed by atoms with Crippen LogP contribution in [0.25, 0.3) is 0 Å². The molecule has 1 rings (SSSR count). The number of pyridine rings is 1. The van der Waals surface area contributed by atoms with Crippen LogP contribution < -0.4 is 0 Å². The van der Waals surface area contributed by atoms with E-state index >= 15 is 0 Å². The highest BCUT2D eigenvalue weighted by molar-refractivity contribution is 6.30. The van der Waals surface area contributed by atoms with Gasteiger partial charge in [-0.2, -0.15) is 0 Å². The molecule has 0 aliphatic heterocycles. The first-order valence-electron chi connectivity index (χ1n) is 3.55. The van der Waals surface area contributed by atoms with Gasteiger partial charge in [0.25, 0.3) is 0 Å². The summed E-state index contributed by atoms with van der Waals surface area (Å²) in [6, 6.07) is 2.82. The quantitative estimate of drug-likeness (QED) is 0.735. The molecule has 0 saturated heterocycles. The second-order valence-electron chi connectivity index (χ2n) is 1.66. The first-order chi connectivity index (χ1) is 5.70. The van der Waals surface area contributed by atoms with E-state index in [-0.39, 0.29) is 5.69 Å². The Kier molecular flexibility index (Phi) is 5.04. The van der Waals surface area contributed by atoms with Gasteiger partial charge in [0.15, 0.2) is 0 Å². The van der Waals surface area contributed by atoms with Crippen molar-refractivity contribution < 1.29 is 9.90 Å². The van der Waals surface area contributed by atoms with Crippen LogP contribution in [0, 0.1) is 0 Å². The molecule has 1 heterocycles. The minimum Gasteiger partial charge on any atom is -0.477 e. The molecule has 0 fully saturated rings. The number of carboxylic acids is 1. The second-order valence-corrected chi connectivity index (χ2v) is 2.10. The molecule has 1 aromatic heterocycles. The fraction of sp³-hybridized carbons (Fsp3) is 0.250. The Morgan fingerprint density at radius 2 is 2.17 bits per heavy atom. The van der Waals surface area contributed by atoms with Gasteiger partial charge in [0.2, 0.25) is 0 Å². The molecule has 12 heavy (non-hydrogen) atoms. The summed E-state index contributed by atoms with van der Waals surface area (Å²) in [5.41, 5.74) is -0.0347. The molecule has 0 spiro atoms. The lowest BCUT2D eigenvalue weighted by atomic mass is 10.4. The first-order valence-corrected chi connectivity index (χ1v) is 3.93. The lowest BCUT2D eigenvalue weighted by Crippen LogP contribution is -1.98. The van der Waals surface area contributed by atoms with E-state index < -0.39 is 5.97 Å². The molecule has 0 atom stereocenters. The van der Waals surface area contributed by atoms with Crippen LogP contribution in [-0.2, 0) is 0 Å². The van der Waals surface area contributed by atoms with Gasteiger partial charge < -0.3 is 5.11 Å². The SMILES string of the molecule is CC.O=C(O)c1cc(Cl)ccn1. The molecule has 0 aromatic carbocycles. The van der Waals surface area contributed by atoms with Crippen LogP contribution in [0.4, 0.5) is 0 Å². The Hall–Kier alpha value is -1.09. The third kappa shape index (κ3) is 3.34. The number of hydrogen-bond acceptors (Lipinski definition) is 2. The largest absolute Gasteiger partial charge is 0.477 e. The number of nitrogens with zero attached hydrogens (tertiary/aromatic N) is 1. The fourth-order valence-corrected chi connectivity index (χ4v) is 0.681. The normalized spacial score (nSPS) is 8.25. The van der Waals surface area contributed by atoms with Gasteiger partial charge >= 0.3 is 5.97 Å². The Balaban J connectivity index is 0.000000561. The van der Waals surface area contributed by atoms with Gasteiger partial charge in [-0.3, -0.25) is 0 Å². The van der Waals surface area contributed by atoms with Crippen molar-refractivity contribution in [2.45, 2.75) is 13.8 Å². The molecular formula is C8H10ClNO2. The minimum atomic E-state index is -1.07. The summed E-state index contributed by atoms with van der Waals surface area (Å²) >= 11 is 5.49. The molecule has 66 valence electrons. The minimum absolute atomic E-state index is 0.0347. The molecule has 0 saturated carbocycles. The molecule has 0 radical (unpaired) electrons. The van der Waals surface area contributed by atoms with E-state index in [9.17, 15) is 4.79 Å². The van der Waals surface area contributed by atoms with E-state index in [0.29, 0.717) is 5.02 Å². The standard InChI is InChI=1S/C6H4ClNO2.C2H6/c7-4-1-2-8-5(3-4)6(9)10;1-2/h1-3H,(H,9,10);1-2H3. The van der Waals surface area contributed by atoms with Crippen LogP contribution >= 0.6 is 11.6 Å². The summed E-state index contributed by atoms with van der Waals surface area (Å²) < 4.78 is 0. The molecule has 0 aliphatic rings. The van der Waals surface area contributed by atoms with Crippen LogP contribution in [0.3, 0.4) is 0 Å². The average Bonchev–Trinajstić information content (AvgIpc) is 2.08. The first kappa shape index (κ1) is 10.9. The van der Waals surface area contributed by atoms with Crippen molar-refractivity contribution >= 4 is 17.6 Å². The third-order valence-corrected chi connectivity index (χ3v) is 1.18. The zero-order valence-electron chi connectivity index (χ0n) is 6.91. The highest BCUT2D eigenvalue weighted by Crippen LogP contribution is 2.07. The molecular weight excluding hydrogens is 178 g/mol. The summed E-state index contributed by atoms with van der Waals surface area (Å²) in [6.45, 7) is 4.00. The van der Waals surface area contributed by atoms with Gasteiger partial charge in [0, 0.05) is 11.2 Å². The van der Waals surface area contributed by atoms with E-state index in [0.717, 1.165) is 0 Å². The van der Waals surface area contributed by atoms with Crippen LogP contribution in [0.1, 0.15) is 24.3 Å². The number of carbonyl (C=O) groups is 1. The van der Waals surface area contributed by atoms with Gasteiger partial charge in [-0.25, -0.2) is 9.78 Å². The van der Waals surface area contributed by atoms with Crippen molar-refractivity contribution in [2.75, 3.05) is 0 Å². The highest BCUT2D eigenvalue weighted by Gasteiger charge is 2.02. The van der Waals surface area contributed by atoms with Gasteiger partial charge in [-0.1, -0.05) is 25.4 Å². The maximum absolute atomic E-state index is 10.2. The van der Waals surface area contributed by atoms with Crippen molar-refractivity contribution in [3.63, 3.8) is 0 Å². The van der Waals surface area contributed by atoms with Gasteiger partial charge in [0.05, 0.1) is 0 Å². The molecule has 3 nitrogen and oxygen atoms in total. The number of aromatic carboxylic acids is 1. The molecule has 0 amide bonds. The Morgan fingerprint density at radius 1 is 1.58 bits per heavy atom. The van der Waals surface area contributed by atoms with Crippen LogP contribution in [-0.4, -0.2) is 16.1 Å².